The number of hydrogen-bond donors (Lipinski definition) is 1. The highest BCUT2D eigenvalue weighted by molar-refractivity contribution is 5.85. The lowest BCUT2D eigenvalue weighted by atomic mass is 9.51. The van der Waals surface area contributed by atoms with Crippen LogP contribution in [0.4, 0.5) is 0 Å². The molecule has 2 aromatic carbocycles. The van der Waals surface area contributed by atoms with Crippen LogP contribution in [0.25, 0.3) is 10.8 Å². The van der Waals surface area contributed by atoms with E-state index >= 15 is 0 Å². The molecule has 1 fully saturated rings. The molecule has 1 N–H and O–H groups in total. The summed E-state index contributed by atoms with van der Waals surface area (Å²) in [5.74, 6) is 2.24. The van der Waals surface area contributed by atoms with Crippen LogP contribution in [0.1, 0.15) is 47.0 Å². The first-order valence-corrected chi connectivity index (χ1v) is 10.2. The van der Waals surface area contributed by atoms with Gasteiger partial charge in [0, 0.05) is 18.8 Å². The Morgan fingerprint density at radius 2 is 1.82 bits per heavy atom. The molecule has 0 bridgehead atoms. The standard InChI is InChI=1S/C25H30O3/c1-16-9-23-24(2,3)13-21(27)14-25(23,4)12-19(16)15-28-22-8-6-17-5-7-20(26)10-18(17)11-22/h5-11,19,23,26H,12-15H2,1-4H3/t19?,23?,25-/m0/s1. The number of carbonyl (C=O) groups is 1. The molecule has 2 aliphatic carbocycles. The average molecular weight is 379 g/mol. The minimum atomic E-state index is 0.0154. The van der Waals surface area contributed by atoms with Gasteiger partial charge in [-0.2, -0.15) is 0 Å². The Labute approximate surface area is 167 Å². The summed E-state index contributed by atoms with van der Waals surface area (Å²) in [6.45, 7) is 9.57. The third kappa shape index (κ3) is 3.43. The van der Waals surface area contributed by atoms with Gasteiger partial charge >= 0.3 is 0 Å². The second kappa shape index (κ2) is 6.65. The molecule has 0 heterocycles. The molecule has 0 saturated heterocycles. The molecule has 28 heavy (non-hydrogen) atoms. The maximum absolute atomic E-state index is 12.4. The normalized spacial score (nSPS) is 29.3. The zero-order chi connectivity index (χ0) is 20.1. The van der Waals surface area contributed by atoms with Crippen molar-refractivity contribution in [3.8, 4) is 11.5 Å². The molecule has 0 amide bonds. The first kappa shape index (κ1) is 19.0. The number of Topliss-reactive ketones (excluding diaryl/α,β-unsaturated/α-hetero) is 1. The Kier molecular flexibility index (Phi) is 4.52. The summed E-state index contributed by atoms with van der Waals surface area (Å²) in [5, 5.41) is 11.8. The van der Waals surface area contributed by atoms with Gasteiger partial charge in [0.2, 0.25) is 0 Å². The second-order valence-electron chi connectivity index (χ2n) is 9.83. The van der Waals surface area contributed by atoms with Crippen LogP contribution in [0.5, 0.6) is 11.5 Å². The van der Waals surface area contributed by atoms with Crippen LogP contribution in [0.2, 0.25) is 0 Å². The molecule has 1 saturated carbocycles. The van der Waals surface area contributed by atoms with Gasteiger partial charge in [-0.3, -0.25) is 4.79 Å². The predicted molar refractivity (Wildman–Crippen MR) is 113 cm³/mol. The summed E-state index contributed by atoms with van der Waals surface area (Å²) < 4.78 is 6.16. The van der Waals surface area contributed by atoms with Crippen molar-refractivity contribution >= 4 is 16.6 Å². The van der Waals surface area contributed by atoms with E-state index in [-0.39, 0.29) is 16.6 Å². The predicted octanol–water partition coefficient (Wildman–Crippen LogP) is 5.90. The van der Waals surface area contributed by atoms with E-state index in [9.17, 15) is 9.90 Å². The third-order valence-electron chi connectivity index (χ3n) is 6.88. The minimum absolute atomic E-state index is 0.0154. The maximum Gasteiger partial charge on any atom is 0.134 e. The number of phenolic OH excluding ortho intramolecular Hbond substituents is 1. The summed E-state index contributed by atoms with van der Waals surface area (Å²) in [4.78, 5) is 12.4. The van der Waals surface area contributed by atoms with E-state index in [0.717, 1.165) is 22.9 Å². The number of aromatic hydroxyl groups is 1. The number of allylic oxidation sites excluding steroid dienone is 1. The van der Waals surface area contributed by atoms with E-state index < -0.39 is 0 Å². The van der Waals surface area contributed by atoms with Gasteiger partial charge in [-0.15, -0.1) is 0 Å². The fraction of sp³-hybridized carbons (Fsp3) is 0.480. The van der Waals surface area contributed by atoms with Gasteiger partial charge in [-0.25, -0.2) is 0 Å². The fourth-order valence-electron chi connectivity index (χ4n) is 5.62. The van der Waals surface area contributed by atoms with Crippen molar-refractivity contribution < 1.29 is 14.6 Å². The highest BCUT2D eigenvalue weighted by Crippen LogP contribution is 2.56. The molecule has 2 aromatic rings. The van der Waals surface area contributed by atoms with Crippen LogP contribution in [-0.2, 0) is 4.79 Å². The van der Waals surface area contributed by atoms with E-state index in [2.05, 4.69) is 33.8 Å². The Hall–Kier alpha value is -2.29. The molecular weight excluding hydrogens is 348 g/mol. The third-order valence-corrected chi connectivity index (χ3v) is 6.88. The van der Waals surface area contributed by atoms with Crippen molar-refractivity contribution in [3.05, 3.63) is 48.0 Å². The SMILES string of the molecule is CC1=CC2C(C)(C)CC(=O)C[C@]2(C)CC1COc1ccc2ccc(O)cc2c1. The Balaban J connectivity index is 1.53. The van der Waals surface area contributed by atoms with Gasteiger partial charge < -0.3 is 9.84 Å². The summed E-state index contributed by atoms with van der Waals surface area (Å²) in [7, 11) is 0. The number of benzene rings is 2. The van der Waals surface area contributed by atoms with Gasteiger partial charge in [-0.05, 0) is 65.1 Å². The van der Waals surface area contributed by atoms with E-state index in [4.69, 9.17) is 4.74 Å². The molecule has 3 heteroatoms. The van der Waals surface area contributed by atoms with Crippen LogP contribution in [0, 0.1) is 22.7 Å². The first-order chi connectivity index (χ1) is 13.2. The number of fused-ring (bicyclic) bond motifs is 2. The van der Waals surface area contributed by atoms with Crippen LogP contribution in [0.3, 0.4) is 0 Å². The van der Waals surface area contributed by atoms with E-state index in [1.54, 1.807) is 12.1 Å². The summed E-state index contributed by atoms with van der Waals surface area (Å²) in [6.07, 6.45) is 4.77. The molecule has 4 rings (SSSR count). The number of ketones is 1. The lowest BCUT2D eigenvalue weighted by Crippen LogP contribution is -2.48. The van der Waals surface area contributed by atoms with Crippen molar-refractivity contribution in [3.63, 3.8) is 0 Å². The van der Waals surface area contributed by atoms with Crippen LogP contribution in [-0.4, -0.2) is 17.5 Å². The van der Waals surface area contributed by atoms with Crippen LogP contribution < -0.4 is 4.74 Å². The van der Waals surface area contributed by atoms with Crippen molar-refractivity contribution in [1.29, 1.82) is 0 Å². The van der Waals surface area contributed by atoms with Crippen molar-refractivity contribution in [2.24, 2.45) is 22.7 Å². The first-order valence-electron chi connectivity index (χ1n) is 10.2. The van der Waals surface area contributed by atoms with E-state index in [1.165, 1.54) is 5.57 Å². The van der Waals surface area contributed by atoms with Crippen molar-refractivity contribution in [2.45, 2.75) is 47.0 Å². The zero-order valence-corrected chi connectivity index (χ0v) is 17.3. The largest absolute Gasteiger partial charge is 0.508 e. The quantitative estimate of drug-likeness (QED) is 0.676. The van der Waals surface area contributed by atoms with Crippen LogP contribution in [0.15, 0.2) is 48.0 Å². The molecule has 0 radical (unpaired) electrons. The Morgan fingerprint density at radius 1 is 1.07 bits per heavy atom. The van der Waals surface area contributed by atoms with Gasteiger partial charge in [0.25, 0.3) is 0 Å². The highest BCUT2D eigenvalue weighted by atomic mass is 16.5. The van der Waals surface area contributed by atoms with Gasteiger partial charge in [0.15, 0.2) is 0 Å². The minimum Gasteiger partial charge on any atom is -0.508 e. The molecule has 3 nitrogen and oxygen atoms in total. The second-order valence-corrected chi connectivity index (χ2v) is 9.83. The van der Waals surface area contributed by atoms with Crippen molar-refractivity contribution in [2.75, 3.05) is 6.61 Å². The molecule has 0 aliphatic heterocycles. The van der Waals surface area contributed by atoms with Gasteiger partial charge in [0.05, 0.1) is 6.61 Å². The molecule has 148 valence electrons. The van der Waals surface area contributed by atoms with Gasteiger partial charge in [0.1, 0.15) is 17.3 Å². The molecule has 3 atom stereocenters. The number of ether oxygens (including phenoxy) is 1. The van der Waals surface area contributed by atoms with Gasteiger partial charge in [-0.1, -0.05) is 44.6 Å². The number of hydrogen-bond acceptors (Lipinski definition) is 3. The summed E-state index contributed by atoms with van der Waals surface area (Å²) in [5.41, 5.74) is 1.42. The maximum atomic E-state index is 12.4. The van der Waals surface area contributed by atoms with E-state index in [1.807, 2.05) is 24.3 Å². The smallest absolute Gasteiger partial charge is 0.134 e. The van der Waals surface area contributed by atoms with Crippen LogP contribution >= 0.6 is 0 Å². The topological polar surface area (TPSA) is 46.5 Å². The number of rotatable bonds is 3. The fourth-order valence-corrected chi connectivity index (χ4v) is 5.62. The van der Waals surface area contributed by atoms with E-state index in [0.29, 0.717) is 37.1 Å². The molecular formula is C25H30O3. The molecule has 0 aromatic heterocycles. The summed E-state index contributed by atoms with van der Waals surface area (Å²) in [6, 6.07) is 11.4. The Morgan fingerprint density at radius 3 is 2.61 bits per heavy atom. The summed E-state index contributed by atoms with van der Waals surface area (Å²) >= 11 is 0. The molecule has 2 unspecified atom stereocenters. The lowest BCUT2D eigenvalue weighted by molar-refractivity contribution is -0.132. The average Bonchev–Trinajstić information content (AvgIpc) is 2.60. The van der Waals surface area contributed by atoms with Crippen molar-refractivity contribution in [1.82, 2.24) is 0 Å². The lowest BCUT2D eigenvalue weighted by Gasteiger charge is -2.53. The number of phenols is 1. The molecule has 0 spiro atoms. The highest BCUT2D eigenvalue weighted by Gasteiger charge is 2.51. The monoisotopic (exact) mass is 378 g/mol. The molecule has 2 aliphatic rings. The zero-order valence-electron chi connectivity index (χ0n) is 17.3. The Bertz CT molecular complexity index is 955. The number of carbonyl (C=O) groups excluding carboxylic acids is 1.